The SMILES string of the molecule is C=Cc1c(F)ccc2c1N(CC)C(=O)C2.CCN1C(=O)C(=O)c2ccc(F)c(Br)c21.CCN1C(=O)Cc2ccc(F)c(Br)c21.CCN1C(=O)Cc2ccc(F)c(C=O)c21.CCN1C(=O)Cc2ccc(F)c(C=O)c21.CI.O=C1Nc2c(ccc(F)c2Br)C1=O. The zero-order valence-corrected chi connectivity index (χ0v) is 55.2. The lowest BCUT2D eigenvalue weighted by Crippen LogP contribution is -2.29. The monoisotopic (exact) mass is 1530 g/mol. The van der Waals surface area contributed by atoms with E-state index in [2.05, 4.69) is 82.3 Å². The van der Waals surface area contributed by atoms with Crippen molar-refractivity contribution in [2.45, 2.75) is 60.3 Å². The minimum absolute atomic E-state index is 0.0137. The molecule has 0 spiro atoms. The average Bonchev–Trinajstić information content (AvgIpc) is 2.29. The Morgan fingerprint density at radius 2 is 0.742 bits per heavy atom. The fourth-order valence-corrected chi connectivity index (χ4v) is 12.0. The van der Waals surface area contributed by atoms with E-state index in [1.54, 1.807) is 54.8 Å². The van der Waals surface area contributed by atoms with Crippen LogP contribution in [0.4, 0.5) is 60.5 Å². The number of fused-ring (bicyclic) bond motifs is 6. The van der Waals surface area contributed by atoms with Gasteiger partial charge in [-0.25, -0.2) is 26.3 Å². The minimum atomic E-state index is -0.721. The second kappa shape index (κ2) is 30.7. The Hall–Kier alpha value is -7.69. The number of nitrogens with zero attached hydrogens (tertiary/aromatic N) is 5. The quantitative estimate of drug-likeness (QED) is 0.0503. The average molecular weight is 1540 g/mol. The highest BCUT2D eigenvalue weighted by Crippen LogP contribution is 2.41. The lowest BCUT2D eigenvalue weighted by Gasteiger charge is -2.17. The van der Waals surface area contributed by atoms with Crippen molar-refractivity contribution < 1.29 is 74.3 Å². The van der Waals surface area contributed by atoms with Crippen molar-refractivity contribution in [1.29, 1.82) is 0 Å². The van der Waals surface area contributed by atoms with Gasteiger partial charge in [-0.05, 0) is 158 Å². The molecule has 6 amide bonds. The lowest BCUT2D eigenvalue weighted by molar-refractivity contribution is -0.118. The van der Waals surface area contributed by atoms with Crippen LogP contribution in [-0.4, -0.2) is 97.2 Å². The second-order valence-electron chi connectivity index (χ2n) is 19.2. The van der Waals surface area contributed by atoms with Crippen molar-refractivity contribution in [1.82, 2.24) is 0 Å². The molecular formula is C63H54Br3F6IN6O10. The molecule has 26 heteroatoms. The molecule has 12 rings (SSSR count). The molecule has 0 aliphatic carbocycles. The van der Waals surface area contributed by atoms with Crippen molar-refractivity contribution in [3.8, 4) is 0 Å². The van der Waals surface area contributed by atoms with Gasteiger partial charge in [-0.15, -0.1) is 0 Å². The second-order valence-corrected chi connectivity index (χ2v) is 21.6. The van der Waals surface area contributed by atoms with Gasteiger partial charge < -0.3 is 29.8 Å². The smallest absolute Gasteiger partial charge is 0.299 e. The van der Waals surface area contributed by atoms with Gasteiger partial charge in [0.2, 0.25) is 23.6 Å². The molecule has 466 valence electrons. The van der Waals surface area contributed by atoms with Crippen LogP contribution in [0.5, 0.6) is 0 Å². The number of nitrogens with one attached hydrogen (secondary N) is 1. The van der Waals surface area contributed by atoms with Crippen LogP contribution in [0, 0.1) is 34.9 Å². The van der Waals surface area contributed by atoms with Crippen LogP contribution in [0.2, 0.25) is 0 Å². The lowest BCUT2D eigenvalue weighted by atomic mass is 10.1. The fraction of sp³-hybridized carbons (Fsp3) is 0.238. The molecule has 16 nitrogen and oxygen atoms in total. The maximum Gasteiger partial charge on any atom is 0.299 e. The van der Waals surface area contributed by atoms with Crippen LogP contribution in [0.3, 0.4) is 0 Å². The Kier molecular flexibility index (Phi) is 24.3. The highest BCUT2D eigenvalue weighted by molar-refractivity contribution is 14.1. The zero-order chi connectivity index (χ0) is 66.0. The summed E-state index contributed by atoms with van der Waals surface area (Å²) in [6, 6.07) is 16.6. The maximum absolute atomic E-state index is 13.5. The van der Waals surface area contributed by atoms with E-state index in [9.17, 15) is 74.3 Å². The maximum atomic E-state index is 13.5. The summed E-state index contributed by atoms with van der Waals surface area (Å²) in [5, 5.41) is 2.28. The van der Waals surface area contributed by atoms with Gasteiger partial charge >= 0.3 is 0 Å². The molecule has 0 radical (unpaired) electrons. The number of hydrogen-bond acceptors (Lipinski definition) is 10. The first-order chi connectivity index (χ1) is 42.4. The van der Waals surface area contributed by atoms with Gasteiger partial charge in [0.1, 0.15) is 34.9 Å². The summed E-state index contributed by atoms with van der Waals surface area (Å²) in [5.41, 5.74) is 6.93. The number of ketones is 2. The topological polar surface area (TPSA) is 199 Å². The van der Waals surface area contributed by atoms with Crippen LogP contribution in [0.1, 0.15) is 104 Å². The summed E-state index contributed by atoms with van der Waals surface area (Å²) < 4.78 is 80.2. The third-order valence-electron chi connectivity index (χ3n) is 14.4. The molecule has 89 heavy (non-hydrogen) atoms. The fourth-order valence-electron chi connectivity index (χ4n) is 10.4. The molecule has 0 aromatic heterocycles. The highest BCUT2D eigenvalue weighted by Gasteiger charge is 2.38. The third kappa shape index (κ3) is 14.2. The van der Waals surface area contributed by atoms with E-state index in [4.69, 9.17) is 0 Å². The van der Waals surface area contributed by atoms with Gasteiger partial charge in [0.05, 0.1) is 95.5 Å². The summed E-state index contributed by atoms with van der Waals surface area (Å²) in [6.45, 7) is 15.1. The Labute approximate surface area is 546 Å². The van der Waals surface area contributed by atoms with Crippen molar-refractivity contribution in [2.24, 2.45) is 0 Å². The van der Waals surface area contributed by atoms with Crippen molar-refractivity contribution >= 4 is 170 Å². The number of benzene rings is 6. The third-order valence-corrected chi connectivity index (χ3v) is 16.7. The molecule has 6 aromatic rings. The molecular weight excluding hydrogens is 1480 g/mol. The van der Waals surface area contributed by atoms with E-state index in [1.165, 1.54) is 63.2 Å². The van der Waals surface area contributed by atoms with Crippen molar-refractivity contribution in [3.63, 3.8) is 0 Å². The molecule has 1 N–H and O–H groups in total. The molecule has 6 aromatic carbocycles. The number of amides is 6. The molecule has 0 saturated heterocycles. The van der Waals surface area contributed by atoms with Crippen LogP contribution in [-0.2, 0) is 54.5 Å². The summed E-state index contributed by atoms with van der Waals surface area (Å²) in [5.74, 6) is -5.40. The van der Waals surface area contributed by atoms with E-state index >= 15 is 0 Å². The number of likely N-dealkylation sites (N-methyl/N-ethyl adjacent to an activating group) is 5. The van der Waals surface area contributed by atoms with E-state index in [-0.39, 0.29) is 85.0 Å². The van der Waals surface area contributed by atoms with Gasteiger partial charge in [0.25, 0.3) is 23.4 Å². The number of halogens is 10. The zero-order valence-electron chi connectivity index (χ0n) is 48.3. The van der Waals surface area contributed by atoms with Crippen molar-refractivity contribution in [3.05, 3.63) is 178 Å². The van der Waals surface area contributed by atoms with Crippen LogP contribution < -0.4 is 29.8 Å². The van der Waals surface area contributed by atoms with E-state index in [0.717, 1.165) is 28.3 Å². The van der Waals surface area contributed by atoms with Crippen LogP contribution in [0.15, 0.2) is 92.8 Å². The summed E-state index contributed by atoms with van der Waals surface area (Å²) >= 11 is 11.3. The standard InChI is InChI=1S/C12H12FNO.2C11H10FNO2.C10H7BrFNO2.C10H9BrFNO.C8H3BrFNO2.CH3I/c1-3-9-10(13)6-5-8-7-11(15)14(4-2)12(8)9;2*1-2-13-10(15)5-7-3-4-9(12)8(6-14)11(7)13;1-2-13-8-5(9(14)10(13)15)3-4-6(12)7(8)11;1-2-13-8(14)5-6-3-4-7(12)9(11)10(6)13;9-5-4(10)2-1-3-6(5)11-8(13)7(3)12;1-2/h3,5-6H,1,4,7H2,2H3;2*3-4,6H,2,5H2,1H3;3-4H,2H2,1H3;3-4H,2,5H2,1H3;1-2H,(H,11,12,13);1H3. The van der Waals surface area contributed by atoms with Crippen molar-refractivity contribution in [2.75, 3.05) is 67.5 Å². The molecule has 0 bridgehead atoms. The van der Waals surface area contributed by atoms with E-state index in [1.807, 2.05) is 18.8 Å². The number of rotatable bonds is 8. The predicted octanol–water partition coefficient (Wildman–Crippen LogP) is 12.9. The van der Waals surface area contributed by atoms with E-state index in [0.29, 0.717) is 96.6 Å². The van der Waals surface area contributed by atoms with E-state index < -0.39 is 46.6 Å². The number of alkyl halides is 1. The highest BCUT2D eigenvalue weighted by atomic mass is 127. The molecule has 0 unspecified atom stereocenters. The number of Topliss-reactive ketones (excluding diaryl/α,β-unsaturated/α-hetero) is 2. The molecule has 0 fully saturated rings. The largest absolute Gasteiger partial charge is 0.317 e. The Balaban J connectivity index is 0.000000169. The molecule has 0 atom stereocenters. The number of anilines is 6. The van der Waals surface area contributed by atoms with Gasteiger partial charge in [-0.1, -0.05) is 59.5 Å². The summed E-state index contributed by atoms with van der Waals surface area (Å²) in [7, 11) is 0. The van der Waals surface area contributed by atoms with Gasteiger partial charge in [-0.3, -0.25) is 47.9 Å². The summed E-state index contributed by atoms with van der Waals surface area (Å²) in [6.07, 6.45) is 3.65. The minimum Gasteiger partial charge on any atom is -0.317 e. The normalized spacial score (nSPS) is 14.2. The Bertz CT molecular complexity index is 3730. The number of carbonyl (C=O) groups excluding carboxylic acids is 10. The molecule has 6 heterocycles. The number of hydrogen-bond donors (Lipinski definition) is 1. The number of aldehydes is 2. The van der Waals surface area contributed by atoms with Crippen LogP contribution in [0.25, 0.3) is 6.08 Å². The first kappa shape index (κ1) is 70.4. The Morgan fingerprint density at radius 3 is 1.12 bits per heavy atom. The number of carbonyl (C=O) groups is 10. The first-order valence-electron chi connectivity index (χ1n) is 27.1. The van der Waals surface area contributed by atoms with Crippen LogP contribution >= 0.6 is 70.4 Å². The first-order valence-corrected chi connectivity index (χ1v) is 31.6. The predicted molar refractivity (Wildman–Crippen MR) is 345 cm³/mol. The molecule has 0 saturated carbocycles. The van der Waals surface area contributed by atoms with Gasteiger partial charge in [0, 0.05) is 38.3 Å². The van der Waals surface area contributed by atoms with Gasteiger partial charge in [0.15, 0.2) is 12.6 Å². The molecule has 6 aliphatic rings. The van der Waals surface area contributed by atoms with Gasteiger partial charge in [-0.2, -0.15) is 0 Å². The molecule has 6 aliphatic heterocycles. The Morgan fingerprint density at radius 1 is 0.427 bits per heavy atom. The summed E-state index contributed by atoms with van der Waals surface area (Å²) in [4.78, 5) is 122.